The smallest absolute Gasteiger partial charge is 0.328 e. The lowest BCUT2D eigenvalue weighted by molar-refractivity contribution is -0.137. The van der Waals surface area contributed by atoms with Crippen LogP contribution in [0, 0.1) is 0 Å². The molecule has 4 heterocycles. The molecule has 1 amide bonds. The number of hydrogen-bond donors (Lipinski definition) is 0. The molecule has 0 N–H and O–H groups in total. The topological polar surface area (TPSA) is 89.7 Å². The summed E-state index contributed by atoms with van der Waals surface area (Å²) in [6.07, 6.45) is 1.20. The van der Waals surface area contributed by atoms with Gasteiger partial charge in [-0.15, -0.1) is 5.10 Å². The van der Waals surface area contributed by atoms with Gasteiger partial charge in [0.25, 0.3) is 5.91 Å². The highest BCUT2D eigenvalue weighted by Gasteiger charge is 2.38. The minimum atomic E-state index is -4.69. The fraction of sp³-hybridized carbons (Fsp3) is 0.294. The van der Waals surface area contributed by atoms with Gasteiger partial charge in [0.1, 0.15) is 11.4 Å². The zero-order chi connectivity index (χ0) is 20.8. The number of aromatic nitrogens is 6. The Kier molecular flexibility index (Phi) is 4.69. The fourth-order valence-electron chi connectivity index (χ4n) is 3.25. The van der Waals surface area contributed by atoms with Crippen LogP contribution in [0.3, 0.4) is 0 Å². The van der Waals surface area contributed by atoms with Gasteiger partial charge >= 0.3 is 6.18 Å². The molecule has 0 aliphatic carbocycles. The van der Waals surface area contributed by atoms with Crippen molar-refractivity contribution in [3.05, 3.63) is 58.5 Å². The van der Waals surface area contributed by atoms with Crippen molar-refractivity contribution in [1.29, 1.82) is 0 Å². The maximum absolute atomic E-state index is 13.1. The normalized spacial score (nSPS) is 16.6. The van der Waals surface area contributed by atoms with E-state index in [0.29, 0.717) is 17.9 Å². The monoisotopic (exact) mass is 423 g/mol. The van der Waals surface area contributed by atoms with Crippen molar-refractivity contribution in [3.8, 4) is 5.82 Å². The van der Waals surface area contributed by atoms with Crippen LogP contribution in [0.1, 0.15) is 40.4 Å². The maximum Gasteiger partial charge on any atom is 0.417 e. The number of nitrogens with zero attached hydrogens (tertiary/aromatic N) is 7. The number of rotatable bonds is 2. The van der Waals surface area contributed by atoms with Gasteiger partial charge in [0.15, 0.2) is 5.82 Å². The maximum atomic E-state index is 13.1. The van der Waals surface area contributed by atoms with Crippen LogP contribution in [0.5, 0.6) is 0 Å². The molecule has 8 nitrogen and oxygen atoms in total. The summed E-state index contributed by atoms with van der Waals surface area (Å²) in [7, 11) is 0. The SMILES string of the molecule is CC1c2nnn(-c3cnccn3)c2CCN1C(=O)c1nccc(C(F)(F)F)c1Cl. The molecule has 150 valence electrons. The van der Waals surface area contributed by atoms with E-state index in [1.165, 1.54) is 28.2 Å². The van der Waals surface area contributed by atoms with Crippen molar-refractivity contribution < 1.29 is 18.0 Å². The van der Waals surface area contributed by atoms with Crippen molar-refractivity contribution in [3.63, 3.8) is 0 Å². The highest BCUT2D eigenvalue weighted by molar-refractivity contribution is 6.34. The number of amides is 1. The molecule has 4 rings (SSSR count). The highest BCUT2D eigenvalue weighted by atomic mass is 35.5. The van der Waals surface area contributed by atoms with E-state index in [9.17, 15) is 18.0 Å². The van der Waals surface area contributed by atoms with Crippen molar-refractivity contribution >= 4 is 17.5 Å². The van der Waals surface area contributed by atoms with Gasteiger partial charge in [-0.3, -0.25) is 9.78 Å². The first-order valence-corrected chi connectivity index (χ1v) is 8.90. The first-order chi connectivity index (χ1) is 13.8. The number of fused-ring (bicyclic) bond motifs is 1. The third-order valence-corrected chi connectivity index (χ3v) is 5.05. The molecule has 12 heteroatoms. The molecule has 0 bridgehead atoms. The Labute approximate surface area is 167 Å². The molecule has 0 fully saturated rings. The van der Waals surface area contributed by atoms with Crippen LogP contribution in [-0.2, 0) is 12.6 Å². The molecule has 0 saturated carbocycles. The van der Waals surface area contributed by atoms with Crippen LogP contribution in [0.4, 0.5) is 13.2 Å². The molecule has 1 unspecified atom stereocenters. The van der Waals surface area contributed by atoms with E-state index in [4.69, 9.17) is 11.6 Å². The Bertz CT molecular complexity index is 1070. The Balaban J connectivity index is 1.66. The number of halogens is 4. The van der Waals surface area contributed by atoms with Crippen LogP contribution >= 0.6 is 11.6 Å². The number of pyridine rings is 1. The summed E-state index contributed by atoms with van der Waals surface area (Å²) in [5.41, 5.74) is -0.266. The summed E-state index contributed by atoms with van der Waals surface area (Å²) in [5, 5.41) is 7.51. The Hall–Kier alpha value is -3.08. The second-order valence-electron chi connectivity index (χ2n) is 6.34. The summed E-state index contributed by atoms with van der Waals surface area (Å²) in [4.78, 5) is 26.3. The van der Waals surface area contributed by atoms with Gasteiger partial charge in [0.2, 0.25) is 0 Å². The van der Waals surface area contributed by atoms with Crippen molar-refractivity contribution in [2.24, 2.45) is 0 Å². The van der Waals surface area contributed by atoms with Crippen molar-refractivity contribution in [2.75, 3.05) is 6.54 Å². The lowest BCUT2D eigenvalue weighted by atomic mass is 10.0. The predicted molar refractivity (Wildman–Crippen MR) is 94.4 cm³/mol. The second-order valence-corrected chi connectivity index (χ2v) is 6.72. The van der Waals surface area contributed by atoms with Crippen LogP contribution in [0.2, 0.25) is 5.02 Å². The average Bonchev–Trinajstić information content (AvgIpc) is 3.13. The van der Waals surface area contributed by atoms with E-state index in [1.807, 2.05) is 0 Å². The zero-order valence-corrected chi connectivity index (χ0v) is 15.7. The third-order valence-electron chi connectivity index (χ3n) is 4.67. The summed E-state index contributed by atoms with van der Waals surface area (Å²) in [6, 6.07) is 0.202. The van der Waals surface area contributed by atoms with Crippen LogP contribution in [-0.4, -0.2) is 47.3 Å². The highest BCUT2D eigenvalue weighted by Crippen LogP contribution is 2.37. The first-order valence-electron chi connectivity index (χ1n) is 8.52. The Morgan fingerprint density at radius 2 is 2.03 bits per heavy atom. The van der Waals surface area contributed by atoms with Gasteiger partial charge < -0.3 is 4.90 Å². The lowest BCUT2D eigenvalue weighted by Crippen LogP contribution is -2.40. The fourth-order valence-corrected chi connectivity index (χ4v) is 3.55. The quantitative estimate of drug-likeness (QED) is 0.629. The molecule has 1 aliphatic heterocycles. The molecule has 1 aliphatic rings. The van der Waals surface area contributed by atoms with Gasteiger partial charge in [-0.25, -0.2) is 9.97 Å². The molecule has 0 spiro atoms. The largest absolute Gasteiger partial charge is 0.417 e. The van der Waals surface area contributed by atoms with Crippen LogP contribution < -0.4 is 0 Å². The minimum Gasteiger partial charge on any atom is -0.328 e. The molecular weight excluding hydrogens is 411 g/mol. The molecule has 3 aromatic rings. The number of hydrogen-bond acceptors (Lipinski definition) is 6. The van der Waals surface area contributed by atoms with Crippen molar-refractivity contribution in [2.45, 2.75) is 25.6 Å². The van der Waals surface area contributed by atoms with Gasteiger partial charge in [-0.05, 0) is 13.0 Å². The molecule has 1 atom stereocenters. The molecule has 0 aromatic carbocycles. The Morgan fingerprint density at radius 1 is 1.24 bits per heavy atom. The summed E-state index contributed by atoms with van der Waals surface area (Å²) < 4.78 is 40.8. The zero-order valence-electron chi connectivity index (χ0n) is 14.9. The molecule has 0 saturated heterocycles. The molecular formula is C17H13ClF3N7O. The standard InChI is InChI=1S/C17H13ClF3N7O/c1-9-14-11(28(26-25-14)12-8-22-5-6-23-12)3-7-27(9)16(29)15-13(18)10(2-4-24-15)17(19,20)21/h2,4-6,8-9H,3,7H2,1H3. The molecule has 0 radical (unpaired) electrons. The predicted octanol–water partition coefficient (Wildman–Crippen LogP) is 2.88. The molecule has 3 aromatic heterocycles. The third kappa shape index (κ3) is 3.31. The molecule has 29 heavy (non-hydrogen) atoms. The summed E-state index contributed by atoms with van der Waals surface area (Å²) in [6.45, 7) is 1.95. The van der Waals surface area contributed by atoms with Gasteiger partial charge in [-0.2, -0.15) is 17.9 Å². The number of alkyl halides is 3. The van der Waals surface area contributed by atoms with E-state index < -0.39 is 34.4 Å². The first kappa shape index (κ1) is 19.2. The van der Waals surface area contributed by atoms with Gasteiger partial charge in [0.05, 0.1) is 28.5 Å². The minimum absolute atomic E-state index is 0.231. The van der Waals surface area contributed by atoms with E-state index in [0.717, 1.165) is 18.0 Å². The Morgan fingerprint density at radius 3 is 2.72 bits per heavy atom. The van der Waals surface area contributed by atoms with E-state index >= 15 is 0 Å². The van der Waals surface area contributed by atoms with E-state index in [2.05, 4.69) is 25.3 Å². The van der Waals surface area contributed by atoms with Gasteiger partial charge in [-0.1, -0.05) is 16.8 Å². The number of carbonyl (C=O) groups is 1. The number of carbonyl (C=O) groups excluding carboxylic acids is 1. The summed E-state index contributed by atoms with van der Waals surface area (Å²) >= 11 is 5.86. The van der Waals surface area contributed by atoms with Crippen LogP contribution in [0.25, 0.3) is 5.82 Å². The summed E-state index contributed by atoms with van der Waals surface area (Å²) in [5.74, 6) is -0.218. The van der Waals surface area contributed by atoms with Gasteiger partial charge in [0, 0.05) is 31.6 Å². The average molecular weight is 424 g/mol. The van der Waals surface area contributed by atoms with E-state index in [1.54, 1.807) is 6.92 Å². The van der Waals surface area contributed by atoms with Crippen molar-refractivity contribution in [1.82, 2.24) is 34.8 Å². The van der Waals surface area contributed by atoms with Crippen LogP contribution in [0.15, 0.2) is 30.9 Å². The second kappa shape index (κ2) is 7.07. The lowest BCUT2D eigenvalue weighted by Gasteiger charge is -2.32. The van der Waals surface area contributed by atoms with E-state index in [-0.39, 0.29) is 6.54 Å².